The van der Waals surface area contributed by atoms with E-state index in [-0.39, 0.29) is 0 Å². The van der Waals surface area contributed by atoms with Gasteiger partial charge in [0.05, 0.1) is 6.54 Å². The first kappa shape index (κ1) is 8.58. The zero-order valence-corrected chi connectivity index (χ0v) is 7.14. The summed E-state index contributed by atoms with van der Waals surface area (Å²) in [5.41, 5.74) is 5.26. The van der Waals surface area contributed by atoms with E-state index in [2.05, 4.69) is 23.8 Å². The van der Waals surface area contributed by atoms with Gasteiger partial charge in [0.2, 0.25) is 0 Å². The Morgan fingerprint density at radius 1 is 1.55 bits per heavy atom. The van der Waals surface area contributed by atoms with Crippen LogP contribution in [0.2, 0.25) is 0 Å². The number of hydrogen-bond donors (Lipinski definition) is 1. The van der Waals surface area contributed by atoms with E-state index < -0.39 is 0 Å². The Balaban J connectivity index is 2.18. The fraction of sp³-hybridized carbons (Fsp3) is 0.778. The van der Waals surface area contributed by atoms with Crippen LogP contribution < -0.4 is 5.73 Å². The maximum absolute atomic E-state index is 5.26. The van der Waals surface area contributed by atoms with E-state index in [1.54, 1.807) is 0 Å². The van der Waals surface area contributed by atoms with Gasteiger partial charge in [0, 0.05) is 13.0 Å². The predicted octanol–water partition coefficient (Wildman–Crippen LogP) is 0.290. The zero-order valence-electron chi connectivity index (χ0n) is 7.14. The van der Waals surface area contributed by atoms with E-state index in [0.29, 0.717) is 6.54 Å². The van der Waals surface area contributed by atoms with Gasteiger partial charge in [0.15, 0.2) is 0 Å². The Hall–Kier alpha value is -0.520. The summed E-state index contributed by atoms with van der Waals surface area (Å²) in [6, 6.07) is 0. The summed E-state index contributed by atoms with van der Waals surface area (Å²) >= 11 is 0. The first-order valence-corrected chi connectivity index (χ1v) is 4.17. The highest BCUT2D eigenvalue weighted by molar-refractivity contribution is 5.01. The number of nitrogens with zero attached hydrogens (tertiary/aromatic N) is 1. The molecule has 1 saturated heterocycles. The molecule has 11 heavy (non-hydrogen) atoms. The molecular weight excluding hydrogens is 136 g/mol. The van der Waals surface area contributed by atoms with Crippen molar-refractivity contribution in [1.82, 2.24) is 4.90 Å². The zero-order chi connectivity index (χ0) is 8.10. The molecule has 1 aliphatic rings. The fourth-order valence-electron chi connectivity index (χ4n) is 1.48. The standard InChI is InChI=1S/C9H16N2/c1-11-7-5-9(8-11)4-2-3-6-10/h9H,4-8,10H2,1H3. The second kappa shape index (κ2) is 4.38. The highest BCUT2D eigenvalue weighted by atomic mass is 15.1. The molecule has 2 N–H and O–H groups in total. The third-order valence-corrected chi connectivity index (χ3v) is 2.11. The van der Waals surface area contributed by atoms with Crippen LogP contribution in [0, 0.1) is 17.8 Å². The highest BCUT2D eigenvalue weighted by Gasteiger charge is 2.17. The molecular formula is C9H16N2. The molecule has 1 fully saturated rings. The van der Waals surface area contributed by atoms with Gasteiger partial charge in [-0.15, -0.1) is 5.92 Å². The normalized spacial score (nSPS) is 24.7. The van der Waals surface area contributed by atoms with Crippen LogP contribution in [0.15, 0.2) is 0 Å². The van der Waals surface area contributed by atoms with Crippen molar-refractivity contribution in [2.45, 2.75) is 12.8 Å². The Kier molecular flexibility index (Phi) is 3.41. The molecule has 62 valence electrons. The number of nitrogens with two attached hydrogens (primary N) is 1. The van der Waals surface area contributed by atoms with Crippen LogP contribution in [-0.2, 0) is 0 Å². The van der Waals surface area contributed by atoms with Gasteiger partial charge in [-0.25, -0.2) is 0 Å². The molecule has 0 aliphatic carbocycles. The molecule has 0 aromatic heterocycles. The van der Waals surface area contributed by atoms with Crippen molar-refractivity contribution in [3.8, 4) is 11.8 Å². The highest BCUT2D eigenvalue weighted by Crippen LogP contribution is 2.16. The van der Waals surface area contributed by atoms with Crippen molar-refractivity contribution in [3.63, 3.8) is 0 Å². The fourth-order valence-corrected chi connectivity index (χ4v) is 1.48. The molecule has 0 radical (unpaired) electrons. The van der Waals surface area contributed by atoms with Gasteiger partial charge in [-0.05, 0) is 25.9 Å². The summed E-state index contributed by atoms with van der Waals surface area (Å²) in [5.74, 6) is 6.79. The van der Waals surface area contributed by atoms with Gasteiger partial charge in [-0.3, -0.25) is 0 Å². The van der Waals surface area contributed by atoms with Gasteiger partial charge in [-0.2, -0.15) is 0 Å². The third-order valence-electron chi connectivity index (χ3n) is 2.11. The number of likely N-dealkylation sites (tertiary alicyclic amines) is 1. The SMILES string of the molecule is CN1CCC(CC#CCN)C1. The van der Waals surface area contributed by atoms with Gasteiger partial charge in [0.25, 0.3) is 0 Å². The first-order chi connectivity index (χ1) is 5.33. The first-order valence-electron chi connectivity index (χ1n) is 4.17. The van der Waals surface area contributed by atoms with E-state index in [1.807, 2.05) is 0 Å². The molecule has 0 aromatic carbocycles. The summed E-state index contributed by atoms with van der Waals surface area (Å²) in [4.78, 5) is 2.36. The minimum Gasteiger partial charge on any atom is -0.320 e. The topological polar surface area (TPSA) is 29.3 Å². The molecule has 2 nitrogen and oxygen atoms in total. The maximum atomic E-state index is 5.26. The molecule has 0 bridgehead atoms. The van der Waals surface area contributed by atoms with E-state index in [0.717, 1.165) is 12.3 Å². The van der Waals surface area contributed by atoms with Crippen molar-refractivity contribution in [3.05, 3.63) is 0 Å². The van der Waals surface area contributed by atoms with Crippen LogP contribution >= 0.6 is 0 Å². The lowest BCUT2D eigenvalue weighted by Crippen LogP contribution is -2.13. The largest absolute Gasteiger partial charge is 0.320 e. The van der Waals surface area contributed by atoms with Crippen LogP contribution in [0.4, 0.5) is 0 Å². The maximum Gasteiger partial charge on any atom is 0.0551 e. The van der Waals surface area contributed by atoms with Crippen LogP contribution in [0.25, 0.3) is 0 Å². The molecule has 1 rings (SSSR count). The van der Waals surface area contributed by atoms with E-state index in [4.69, 9.17) is 5.73 Å². The molecule has 2 heteroatoms. The third kappa shape index (κ3) is 2.92. The van der Waals surface area contributed by atoms with E-state index in [1.165, 1.54) is 19.5 Å². The number of rotatable bonds is 1. The molecule has 1 heterocycles. The molecule has 0 aromatic rings. The molecule has 1 unspecified atom stereocenters. The lowest BCUT2D eigenvalue weighted by Gasteiger charge is -2.05. The average molecular weight is 152 g/mol. The van der Waals surface area contributed by atoms with Gasteiger partial charge >= 0.3 is 0 Å². The van der Waals surface area contributed by atoms with Gasteiger partial charge in [-0.1, -0.05) is 5.92 Å². The summed E-state index contributed by atoms with van der Waals surface area (Å²) < 4.78 is 0. The molecule has 1 atom stereocenters. The lowest BCUT2D eigenvalue weighted by molar-refractivity contribution is 0.397. The smallest absolute Gasteiger partial charge is 0.0551 e. The van der Waals surface area contributed by atoms with Crippen LogP contribution in [0.3, 0.4) is 0 Å². The Labute approximate surface area is 68.8 Å². The van der Waals surface area contributed by atoms with E-state index in [9.17, 15) is 0 Å². The Morgan fingerprint density at radius 3 is 2.91 bits per heavy atom. The Morgan fingerprint density at radius 2 is 2.36 bits per heavy atom. The molecule has 0 saturated carbocycles. The van der Waals surface area contributed by atoms with Crippen molar-refractivity contribution in [1.29, 1.82) is 0 Å². The summed E-state index contributed by atoms with van der Waals surface area (Å²) in [5, 5.41) is 0. The van der Waals surface area contributed by atoms with E-state index >= 15 is 0 Å². The monoisotopic (exact) mass is 152 g/mol. The predicted molar refractivity (Wildman–Crippen MR) is 47.1 cm³/mol. The molecule has 1 aliphatic heterocycles. The minimum atomic E-state index is 0.503. The lowest BCUT2D eigenvalue weighted by atomic mass is 10.1. The summed E-state index contributed by atoms with van der Waals surface area (Å²) in [6.45, 7) is 2.94. The summed E-state index contributed by atoms with van der Waals surface area (Å²) in [7, 11) is 2.16. The van der Waals surface area contributed by atoms with Gasteiger partial charge in [0.1, 0.15) is 0 Å². The van der Waals surface area contributed by atoms with Crippen molar-refractivity contribution in [2.24, 2.45) is 11.7 Å². The quantitative estimate of drug-likeness (QED) is 0.547. The second-order valence-corrected chi connectivity index (χ2v) is 3.18. The van der Waals surface area contributed by atoms with Crippen molar-refractivity contribution >= 4 is 0 Å². The Bertz CT molecular complexity index is 166. The van der Waals surface area contributed by atoms with Gasteiger partial charge < -0.3 is 10.6 Å². The van der Waals surface area contributed by atoms with Crippen molar-refractivity contribution < 1.29 is 0 Å². The van der Waals surface area contributed by atoms with Crippen LogP contribution in [-0.4, -0.2) is 31.6 Å². The molecule has 0 amide bonds. The minimum absolute atomic E-state index is 0.503. The van der Waals surface area contributed by atoms with Crippen LogP contribution in [0.5, 0.6) is 0 Å². The number of hydrogen-bond acceptors (Lipinski definition) is 2. The average Bonchev–Trinajstić information content (AvgIpc) is 2.37. The summed E-state index contributed by atoms with van der Waals surface area (Å²) in [6.07, 6.45) is 2.33. The van der Waals surface area contributed by atoms with Crippen LogP contribution in [0.1, 0.15) is 12.8 Å². The molecule has 0 spiro atoms. The second-order valence-electron chi connectivity index (χ2n) is 3.18. The van der Waals surface area contributed by atoms with Crippen molar-refractivity contribution in [2.75, 3.05) is 26.7 Å².